The van der Waals surface area contributed by atoms with E-state index in [9.17, 15) is 4.79 Å². The predicted octanol–water partition coefficient (Wildman–Crippen LogP) is 3.57. The van der Waals surface area contributed by atoms with Gasteiger partial charge in [0.1, 0.15) is 0 Å². The largest absolute Gasteiger partial charge is 0.366 e. The second-order valence-corrected chi connectivity index (χ2v) is 9.58. The van der Waals surface area contributed by atoms with Crippen molar-refractivity contribution < 1.29 is 4.79 Å². The molecule has 0 radical (unpaired) electrons. The molecule has 1 aliphatic heterocycles. The summed E-state index contributed by atoms with van der Waals surface area (Å²) >= 11 is 6.16. The van der Waals surface area contributed by atoms with E-state index in [-0.39, 0.29) is 24.4 Å². The minimum Gasteiger partial charge on any atom is -0.366 e. The summed E-state index contributed by atoms with van der Waals surface area (Å²) in [5.41, 5.74) is 7.26. The number of aryl methyl sites for hydroxylation is 1. The lowest BCUT2D eigenvalue weighted by Crippen LogP contribution is -2.31. The summed E-state index contributed by atoms with van der Waals surface area (Å²) in [5, 5.41) is 10.2. The van der Waals surface area contributed by atoms with Gasteiger partial charge in [0.15, 0.2) is 0 Å². The van der Waals surface area contributed by atoms with E-state index >= 15 is 0 Å². The van der Waals surface area contributed by atoms with Crippen LogP contribution in [0.4, 0.5) is 23.5 Å². The van der Waals surface area contributed by atoms with Gasteiger partial charge in [0.2, 0.25) is 23.8 Å². The molecule has 0 unspecified atom stereocenters. The number of aromatic nitrogens is 3. The van der Waals surface area contributed by atoms with Crippen molar-refractivity contribution in [2.45, 2.75) is 47.6 Å². The molecule has 0 saturated carbocycles. The third kappa shape index (κ3) is 6.67. The quantitative estimate of drug-likeness (QED) is 0.492. The average Bonchev–Trinajstić information content (AvgIpc) is 3.15. The molecule has 1 amide bonds. The maximum Gasteiger partial charge on any atom is 0.250 e. The van der Waals surface area contributed by atoms with E-state index in [1.54, 1.807) is 12.1 Å². The zero-order valence-electron chi connectivity index (χ0n) is 18.7. The van der Waals surface area contributed by atoms with Crippen LogP contribution in [0.15, 0.2) is 12.1 Å². The van der Waals surface area contributed by atoms with Crippen LogP contribution in [0.25, 0.3) is 0 Å². The number of carbonyl (C=O) groups is 1. The molecule has 32 heavy (non-hydrogen) atoms. The number of amides is 1. The van der Waals surface area contributed by atoms with E-state index in [0.29, 0.717) is 28.6 Å². The van der Waals surface area contributed by atoms with Crippen molar-refractivity contribution in [3.63, 3.8) is 0 Å². The Balaban J connectivity index is 0.00000363. The van der Waals surface area contributed by atoms with Gasteiger partial charge in [-0.15, -0.1) is 0 Å². The number of hydrogen-bond donors (Lipinski definition) is 4. The van der Waals surface area contributed by atoms with Crippen LogP contribution in [0.5, 0.6) is 0 Å². The number of nitrogens with one attached hydrogen (secondary N) is 3. The van der Waals surface area contributed by atoms with E-state index in [1.807, 2.05) is 18.9 Å². The van der Waals surface area contributed by atoms with Crippen LogP contribution in [0.3, 0.4) is 0 Å². The van der Waals surface area contributed by atoms with E-state index < -0.39 is 5.91 Å². The van der Waals surface area contributed by atoms with Crippen LogP contribution in [-0.2, 0) is 0 Å². The third-order valence-corrected chi connectivity index (χ3v) is 5.21. The maximum absolute atomic E-state index is 11.7. The molecule has 1 aromatic heterocycles. The Labute approximate surface area is 195 Å². The van der Waals surface area contributed by atoms with Crippen molar-refractivity contribution >= 4 is 41.0 Å². The first-order valence-corrected chi connectivity index (χ1v) is 10.7. The van der Waals surface area contributed by atoms with Crippen molar-refractivity contribution in [3.8, 4) is 0 Å². The SMILES string of the molecule is C.Cc1cc(Cl)c(C(N)=O)cc1Nc1nc(N[C@@H]2CCNC2)nc(N(C)CC(C)(C)C)n1. The van der Waals surface area contributed by atoms with Gasteiger partial charge in [0.05, 0.1) is 10.6 Å². The van der Waals surface area contributed by atoms with Crippen molar-refractivity contribution in [1.29, 1.82) is 0 Å². The lowest BCUT2D eigenvalue weighted by atomic mass is 9.96. The molecule has 1 saturated heterocycles. The van der Waals surface area contributed by atoms with Crippen LogP contribution in [0.2, 0.25) is 5.02 Å². The van der Waals surface area contributed by atoms with Crippen LogP contribution in [-0.4, -0.2) is 53.6 Å². The highest BCUT2D eigenvalue weighted by Gasteiger charge is 2.20. The highest BCUT2D eigenvalue weighted by molar-refractivity contribution is 6.34. The van der Waals surface area contributed by atoms with Crippen molar-refractivity contribution in [2.24, 2.45) is 11.1 Å². The third-order valence-electron chi connectivity index (χ3n) is 4.90. The number of nitrogens with zero attached hydrogens (tertiary/aromatic N) is 4. The zero-order valence-corrected chi connectivity index (χ0v) is 19.5. The molecule has 5 N–H and O–H groups in total. The molecule has 1 atom stereocenters. The Bertz CT molecular complexity index is 954. The number of carbonyl (C=O) groups excluding carboxylic acids is 1. The first-order chi connectivity index (χ1) is 14.5. The van der Waals surface area contributed by atoms with Gasteiger partial charge in [0, 0.05) is 31.9 Å². The molecule has 0 spiro atoms. The Morgan fingerprint density at radius 2 is 1.97 bits per heavy atom. The van der Waals surface area contributed by atoms with Crippen molar-refractivity contribution in [2.75, 3.05) is 42.2 Å². The Hall–Kier alpha value is -2.65. The van der Waals surface area contributed by atoms with Crippen molar-refractivity contribution in [1.82, 2.24) is 20.3 Å². The monoisotopic (exact) mass is 462 g/mol. The van der Waals surface area contributed by atoms with Crippen LogP contribution < -0.4 is 26.6 Å². The summed E-state index contributed by atoms with van der Waals surface area (Å²) in [5.74, 6) is 0.844. The molecule has 1 fully saturated rings. The molecule has 9 nitrogen and oxygen atoms in total. The fourth-order valence-electron chi connectivity index (χ4n) is 3.52. The molecule has 10 heteroatoms. The van der Waals surface area contributed by atoms with Gasteiger partial charge in [-0.2, -0.15) is 15.0 Å². The predicted molar refractivity (Wildman–Crippen MR) is 132 cm³/mol. The molecule has 3 rings (SSSR count). The summed E-state index contributed by atoms with van der Waals surface area (Å²) in [6, 6.07) is 3.58. The van der Waals surface area contributed by atoms with E-state index in [2.05, 4.69) is 51.7 Å². The molecule has 176 valence electrons. The Morgan fingerprint density at radius 3 is 2.56 bits per heavy atom. The summed E-state index contributed by atoms with van der Waals surface area (Å²) in [6.07, 6.45) is 1.000. The van der Waals surface area contributed by atoms with Crippen LogP contribution in [0.1, 0.15) is 50.5 Å². The smallest absolute Gasteiger partial charge is 0.250 e. The average molecular weight is 463 g/mol. The molecule has 0 aliphatic carbocycles. The van der Waals surface area contributed by atoms with Gasteiger partial charge in [-0.25, -0.2) is 0 Å². The lowest BCUT2D eigenvalue weighted by Gasteiger charge is -2.27. The molecule has 1 aliphatic rings. The van der Waals surface area contributed by atoms with Crippen LogP contribution in [0, 0.1) is 12.3 Å². The van der Waals surface area contributed by atoms with E-state index in [4.69, 9.17) is 17.3 Å². The second kappa shape index (κ2) is 10.3. The molecule has 2 heterocycles. The zero-order chi connectivity index (χ0) is 22.8. The number of nitrogens with two attached hydrogens (primary N) is 1. The van der Waals surface area contributed by atoms with Gasteiger partial charge in [0.25, 0.3) is 0 Å². The normalized spacial score (nSPS) is 15.8. The highest BCUT2D eigenvalue weighted by Crippen LogP contribution is 2.27. The minimum atomic E-state index is -0.592. The summed E-state index contributed by atoms with van der Waals surface area (Å²) in [7, 11) is 1.96. The molecular formula is C22H35ClN8O. The number of benzene rings is 1. The standard InChI is InChI=1S/C21H31ClN8O.CH4/c1-12-8-15(22)14(17(23)31)9-16(12)26-19-27-18(25-13-6-7-24-10-13)28-20(29-19)30(5)11-21(2,3)4;/h8-9,13,24H,6-7,10-11H2,1-5H3,(H2,23,31)(H2,25,26,27,28,29);1H4/t13-;/m1./s1. The van der Waals surface area contributed by atoms with Gasteiger partial charge in [-0.1, -0.05) is 39.8 Å². The Kier molecular flexibility index (Phi) is 8.25. The highest BCUT2D eigenvalue weighted by atomic mass is 35.5. The van der Waals surface area contributed by atoms with Crippen molar-refractivity contribution in [3.05, 3.63) is 28.3 Å². The van der Waals surface area contributed by atoms with Gasteiger partial charge in [-0.05, 0) is 43.0 Å². The first kappa shape index (κ1) is 25.6. The molecule has 1 aromatic carbocycles. The molecule has 0 bridgehead atoms. The molecular weight excluding hydrogens is 428 g/mol. The van der Waals surface area contributed by atoms with E-state index in [0.717, 1.165) is 31.6 Å². The summed E-state index contributed by atoms with van der Waals surface area (Å²) in [4.78, 5) is 27.5. The minimum absolute atomic E-state index is 0. The fourth-order valence-corrected chi connectivity index (χ4v) is 3.83. The van der Waals surface area contributed by atoms with Crippen LogP contribution >= 0.6 is 11.6 Å². The van der Waals surface area contributed by atoms with Gasteiger partial charge in [-0.3, -0.25) is 4.79 Å². The summed E-state index contributed by atoms with van der Waals surface area (Å²) < 4.78 is 0. The number of rotatable bonds is 7. The molecule has 2 aromatic rings. The topological polar surface area (TPSA) is 121 Å². The number of anilines is 4. The number of hydrogen-bond acceptors (Lipinski definition) is 8. The lowest BCUT2D eigenvalue weighted by molar-refractivity contribution is 0.100. The summed E-state index contributed by atoms with van der Waals surface area (Å²) in [6.45, 7) is 11.0. The second-order valence-electron chi connectivity index (χ2n) is 9.17. The van der Waals surface area contributed by atoms with Gasteiger partial charge < -0.3 is 26.6 Å². The van der Waals surface area contributed by atoms with E-state index in [1.165, 1.54) is 0 Å². The number of halogens is 1. The maximum atomic E-state index is 11.7. The first-order valence-electron chi connectivity index (χ1n) is 10.3. The fraction of sp³-hybridized carbons (Fsp3) is 0.545. The number of primary amides is 1. The van der Waals surface area contributed by atoms with Gasteiger partial charge >= 0.3 is 0 Å². The Morgan fingerprint density at radius 1 is 1.28 bits per heavy atom.